The molecule has 1 amide bonds. The van der Waals surface area contributed by atoms with Gasteiger partial charge in [-0.05, 0) is 26.9 Å². The molecule has 0 aliphatic carbocycles. The maximum Gasteiger partial charge on any atom is 0.234 e. The van der Waals surface area contributed by atoms with Crippen molar-refractivity contribution in [3.63, 3.8) is 0 Å². The van der Waals surface area contributed by atoms with E-state index in [0.29, 0.717) is 0 Å². The molecule has 1 unspecified atom stereocenters. The third-order valence-electron chi connectivity index (χ3n) is 2.16. The zero-order valence-corrected chi connectivity index (χ0v) is 7.79. The third kappa shape index (κ3) is 2.19. The molecule has 0 aromatic carbocycles. The zero-order chi connectivity index (χ0) is 9.14. The molecular formula is C8H17N3O. The molecule has 0 aromatic heterocycles. The van der Waals surface area contributed by atoms with Gasteiger partial charge in [-0.25, -0.2) is 0 Å². The Balaban J connectivity index is 2.46. The van der Waals surface area contributed by atoms with Gasteiger partial charge in [0, 0.05) is 6.54 Å². The molecule has 0 saturated carbocycles. The first kappa shape index (κ1) is 9.48. The van der Waals surface area contributed by atoms with Crippen LogP contribution in [-0.2, 0) is 4.79 Å². The van der Waals surface area contributed by atoms with Gasteiger partial charge in [0.15, 0.2) is 0 Å². The highest BCUT2D eigenvalue weighted by atomic mass is 16.1. The summed E-state index contributed by atoms with van der Waals surface area (Å²) in [5.74, 6) is -0.186. The van der Waals surface area contributed by atoms with Gasteiger partial charge in [0.25, 0.3) is 0 Å². The van der Waals surface area contributed by atoms with Crippen LogP contribution in [0, 0.1) is 0 Å². The van der Waals surface area contributed by atoms with Crippen molar-refractivity contribution in [3.05, 3.63) is 0 Å². The van der Waals surface area contributed by atoms with Crippen molar-refractivity contribution in [2.75, 3.05) is 27.3 Å². The first-order valence-corrected chi connectivity index (χ1v) is 4.29. The van der Waals surface area contributed by atoms with Crippen LogP contribution in [0.4, 0.5) is 0 Å². The zero-order valence-electron chi connectivity index (χ0n) is 7.79. The number of primary amides is 1. The summed E-state index contributed by atoms with van der Waals surface area (Å²) in [5, 5.41) is 0. The Labute approximate surface area is 73.3 Å². The van der Waals surface area contributed by atoms with E-state index in [1.165, 1.54) is 0 Å². The van der Waals surface area contributed by atoms with Gasteiger partial charge in [-0.2, -0.15) is 0 Å². The molecule has 1 saturated heterocycles. The smallest absolute Gasteiger partial charge is 0.234 e. The highest BCUT2D eigenvalue weighted by molar-refractivity contribution is 5.80. The number of hydrogen-bond acceptors (Lipinski definition) is 3. The second-order valence-electron chi connectivity index (χ2n) is 3.59. The Bertz CT molecular complexity index is 170. The summed E-state index contributed by atoms with van der Waals surface area (Å²) in [6.07, 6.45) is 2.00. The number of rotatable bonds is 3. The fourth-order valence-electron chi connectivity index (χ4n) is 1.68. The predicted octanol–water partition coefficient (Wildman–Crippen LogP) is -0.545. The lowest BCUT2D eigenvalue weighted by Gasteiger charge is -2.24. The normalized spacial score (nSPS) is 25.1. The van der Waals surface area contributed by atoms with Gasteiger partial charge >= 0.3 is 0 Å². The van der Waals surface area contributed by atoms with Crippen LogP contribution in [0.1, 0.15) is 12.8 Å². The molecule has 1 fully saturated rings. The molecule has 1 aliphatic rings. The van der Waals surface area contributed by atoms with Gasteiger partial charge in [0.05, 0.1) is 12.7 Å². The molecule has 0 aromatic rings. The number of carbonyl (C=O) groups is 1. The van der Waals surface area contributed by atoms with Crippen LogP contribution in [0.15, 0.2) is 0 Å². The molecule has 2 N–H and O–H groups in total. The average molecular weight is 171 g/mol. The Morgan fingerprint density at radius 3 is 2.83 bits per heavy atom. The summed E-state index contributed by atoms with van der Waals surface area (Å²) >= 11 is 0. The molecule has 12 heavy (non-hydrogen) atoms. The van der Waals surface area contributed by atoms with Crippen LogP contribution in [0.3, 0.4) is 0 Å². The highest BCUT2D eigenvalue weighted by Gasteiger charge is 2.28. The molecule has 0 radical (unpaired) electrons. The minimum absolute atomic E-state index is 0.0348. The van der Waals surface area contributed by atoms with Gasteiger partial charge in [-0.15, -0.1) is 0 Å². The number of likely N-dealkylation sites (tertiary alicyclic amines) is 1. The minimum atomic E-state index is -0.186. The van der Waals surface area contributed by atoms with E-state index < -0.39 is 0 Å². The van der Waals surface area contributed by atoms with Crippen molar-refractivity contribution in [3.8, 4) is 0 Å². The van der Waals surface area contributed by atoms with Crippen molar-refractivity contribution < 1.29 is 4.79 Å². The van der Waals surface area contributed by atoms with Crippen LogP contribution in [-0.4, -0.2) is 49.1 Å². The molecule has 1 rings (SSSR count). The second kappa shape index (κ2) is 3.87. The van der Waals surface area contributed by atoms with E-state index in [1.54, 1.807) is 0 Å². The summed E-state index contributed by atoms with van der Waals surface area (Å²) in [6.45, 7) is 1.82. The van der Waals surface area contributed by atoms with E-state index in [9.17, 15) is 4.79 Å². The average Bonchev–Trinajstić information content (AvgIpc) is 2.33. The van der Waals surface area contributed by atoms with Crippen LogP contribution in [0.5, 0.6) is 0 Å². The number of amides is 1. The lowest BCUT2D eigenvalue weighted by molar-refractivity contribution is -0.122. The van der Waals surface area contributed by atoms with E-state index in [4.69, 9.17) is 5.73 Å². The van der Waals surface area contributed by atoms with Crippen molar-refractivity contribution in [1.29, 1.82) is 0 Å². The maximum atomic E-state index is 11.0. The van der Waals surface area contributed by atoms with Crippen LogP contribution >= 0.6 is 0 Å². The SMILES string of the molecule is CN(C)CN1CCCC1C(N)=O. The number of nitrogens with zero attached hydrogens (tertiary/aromatic N) is 2. The Morgan fingerprint density at radius 2 is 2.33 bits per heavy atom. The Morgan fingerprint density at radius 1 is 1.67 bits per heavy atom. The van der Waals surface area contributed by atoms with E-state index in [2.05, 4.69) is 9.80 Å². The maximum absolute atomic E-state index is 11.0. The summed E-state index contributed by atoms with van der Waals surface area (Å²) in [5.41, 5.74) is 5.26. The number of carbonyl (C=O) groups excluding carboxylic acids is 1. The Kier molecular flexibility index (Phi) is 3.05. The van der Waals surface area contributed by atoms with Gasteiger partial charge in [-0.1, -0.05) is 0 Å². The lowest BCUT2D eigenvalue weighted by atomic mass is 10.2. The molecule has 1 atom stereocenters. The lowest BCUT2D eigenvalue weighted by Crippen LogP contribution is -2.44. The van der Waals surface area contributed by atoms with E-state index in [-0.39, 0.29) is 11.9 Å². The van der Waals surface area contributed by atoms with Crippen molar-refractivity contribution >= 4 is 5.91 Å². The van der Waals surface area contributed by atoms with Crippen molar-refractivity contribution in [1.82, 2.24) is 9.80 Å². The van der Waals surface area contributed by atoms with Gasteiger partial charge in [-0.3, -0.25) is 14.6 Å². The van der Waals surface area contributed by atoms with Crippen molar-refractivity contribution in [2.24, 2.45) is 5.73 Å². The summed E-state index contributed by atoms with van der Waals surface area (Å²) < 4.78 is 0. The second-order valence-corrected chi connectivity index (χ2v) is 3.59. The fraction of sp³-hybridized carbons (Fsp3) is 0.875. The molecule has 0 bridgehead atoms. The third-order valence-corrected chi connectivity index (χ3v) is 2.16. The first-order valence-electron chi connectivity index (χ1n) is 4.29. The number of nitrogens with two attached hydrogens (primary N) is 1. The van der Waals surface area contributed by atoms with Crippen LogP contribution in [0.25, 0.3) is 0 Å². The summed E-state index contributed by atoms with van der Waals surface area (Å²) in [4.78, 5) is 15.1. The van der Waals surface area contributed by atoms with Crippen LogP contribution < -0.4 is 5.73 Å². The topological polar surface area (TPSA) is 49.6 Å². The van der Waals surface area contributed by atoms with Gasteiger partial charge < -0.3 is 5.73 Å². The Hall–Kier alpha value is -0.610. The first-order chi connectivity index (χ1) is 5.61. The largest absolute Gasteiger partial charge is 0.368 e. The molecule has 4 heteroatoms. The summed E-state index contributed by atoms with van der Waals surface area (Å²) in [6, 6.07) is -0.0348. The molecule has 0 spiro atoms. The standard InChI is InChI=1S/C8H17N3O/c1-10(2)6-11-5-3-4-7(11)8(9)12/h7H,3-6H2,1-2H3,(H2,9,12). The highest BCUT2D eigenvalue weighted by Crippen LogP contribution is 2.16. The monoisotopic (exact) mass is 171 g/mol. The quantitative estimate of drug-likeness (QED) is 0.620. The van der Waals surface area contributed by atoms with Crippen molar-refractivity contribution in [2.45, 2.75) is 18.9 Å². The van der Waals surface area contributed by atoms with E-state index >= 15 is 0 Å². The van der Waals surface area contributed by atoms with Gasteiger partial charge in [0.1, 0.15) is 0 Å². The predicted molar refractivity (Wildman–Crippen MR) is 47.5 cm³/mol. The fourth-order valence-corrected chi connectivity index (χ4v) is 1.68. The molecule has 70 valence electrons. The van der Waals surface area contributed by atoms with E-state index in [0.717, 1.165) is 26.1 Å². The van der Waals surface area contributed by atoms with Gasteiger partial charge in [0.2, 0.25) is 5.91 Å². The minimum Gasteiger partial charge on any atom is -0.368 e. The molecular weight excluding hydrogens is 154 g/mol. The van der Waals surface area contributed by atoms with Crippen LogP contribution in [0.2, 0.25) is 0 Å². The number of hydrogen-bond donors (Lipinski definition) is 1. The molecule has 4 nitrogen and oxygen atoms in total. The summed E-state index contributed by atoms with van der Waals surface area (Å²) in [7, 11) is 3.99. The molecule has 1 heterocycles. The molecule has 1 aliphatic heterocycles. The van der Waals surface area contributed by atoms with E-state index in [1.807, 2.05) is 14.1 Å².